The van der Waals surface area contributed by atoms with Crippen molar-refractivity contribution in [3.63, 3.8) is 0 Å². The Morgan fingerprint density at radius 1 is 1.55 bits per heavy atom. The van der Waals surface area contributed by atoms with Crippen molar-refractivity contribution in [2.24, 2.45) is 5.92 Å². The van der Waals surface area contributed by atoms with Crippen molar-refractivity contribution in [1.29, 1.82) is 0 Å². The van der Waals surface area contributed by atoms with Crippen LogP contribution < -0.4 is 0 Å². The summed E-state index contributed by atoms with van der Waals surface area (Å²) in [7, 11) is 0. The zero-order valence-corrected chi connectivity index (χ0v) is 7.93. The third-order valence-corrected chi connectivity index (χ3v) is 2.62. The third kappa shape index (κ3) is 2.36. The van der Waals surface area contributed by atoms with Gasteiger partial charge in [0.1, 0.15) is 0 Å². The molecule has 0 aromatic rings. The van der Waals surface area contributed by atoms with Gasteiger partial charge >= 0.3 is 0 Å². The van der Waals surface area contributed by atoms with Crippen LogP contribution in [0.25, 0.3) is 0 Å². The highest BCUT2D eigenvalue weighted by molar-refractivity contribution is 7.80. The van der Waals surface area contributed by atoms with Crippen molar-refractivity contribution >= 4 is 12.6 Å². The standard InChI is InChI=1S/C8H17NOS/c1-2-7-5-9(3-4-11)6-8(7)10/h7-8,10-11H,2-6H2,1H3. The van der Waals surface area contributed by atoms with Gasteiger partial charge in [-0.3, -0.25) is 4.90 Å². The Morgan fingerprint density at radius 2 is 2.27 bits per heavy atom. The van der Waals surface area contributed by atoms with Crippen LogP contribution in [0.5, 0.6) is 0 Å². The first kappa shape index (κ1) is 9.36. The Hall–Kier alpha value is 0.270. The molecule has 1 heterocycles. The average Bonchev–Trinajstić information content (AvgIpc) is 2.32. The predicted molar refractivity (Wildman–Crippen MR) is 50.1 cm³/mol. The van der Waals surface area contributed by atoms with Crippen molar-refractivity contribution in [2.75, 3.05) is 25.4 Å². The molecule has 0 aliphatic carbocycles. The summed E-state index contributed by atoms with van der Waals surface area (Å²) >= 11 is 4.16. The van der Waals surface area contributed by atoms with Crippen LogP contribution in [0.1, 0.15) is 13.3 Å². The van der Waals surface area contributed by atoms with Gasteiger partial charge in [-0.15, -0.1) is 0 Å². The van der Waals surface area contributed by atoms with Crippen molar-refractivity contribution in [3.8, 4) is 0 Å². The zero-order chi connectivity index (χ0) is 8.27. The molecule has 1 saturated heterocycles. The number of likely N-dealkylation sites (tertiary alicyclic amines) is 1. The number of hydrogen-bond acceptors (Lipinski definition) is 3. The molecule has 0 aromatic heterocycles. The van der Waals surface area contributed by atoms with Crippen LogP contribution in [-0.4, -0.2) is 41.5 Å². The van der Waals surface area contributed by atoms with Gasteiger partial charge in [0, 0.05) is 25.4 Å². The van der Waals surface area contributed by atoms with E-state index in [0.717, 1.165) is 31.8 Å². The van der Waals surface area contributed by atoms with Gasteiger partial charge in [-0.05, 0) is 12.3 Å². The third-order valence-electron chi connectivity index (χ3n) is 2.42. The Kier molecular flexibility index (Phi) is 3.69. The second kappa shape index (κ2) is 4.33. The van der Waals surface area contributed by atoms with Crippen LogP contribution in [0.15, 0.2) is 0 Å². The minimum Gasteiger partial charge on any atom is -0.391 e. The molecule has 1 aliphatic heterocycles. The summed E-state index contributed by atoms with van der Waals surface area (Å²) in [6.45, 7) is 5.05. The molecule has 3 heteroatoms. The molecule has 1 fully saturated rings. The molecule has 2 unspecified atom stereocenters. The number of thiol groups is 1. The van der Waals surface area contributed by atoms with Crippen LogP contribution in [-0.2, 0) is 0 Å². The van der Waals surface area contributed by atoms with E-state index in [1.165, 1.54) is 0 Å². The molecule has 2 atom stereocenters. The molecule has 0 aromatic carbocycles. The Morgan fingerprint density at radius 3 is 2.73 bits per heavy atom. The van der Waals surface area contributed by atoms with Crippen molar-refractivity contribution in [3.05, 3.63) is 0 Å². The molecular formula is C8H17NOS. The number of nitrogens with zero attached hydrogens (tertiary/aromatic N) is 1. The maximum absolute atomic E-state index is 9.52. The average molecular weight is 175 g/mol. The van der Waals surface area contributed by atoms with Crippen molar-refractivity contribution in [1.82, 2.24) is 4.90 Å². The molecule has 0 bridgehead atoms. The van der Waals surface area contributed by atoms with Crippen LogP contribution in [0, 0.1) is 5.92 Å². The van der Waals surface area contributed by atoms with Gasteiger partial charge in [0.25, 0.3) is 0 Å². The van der Waals surface area contributed by atoms with E-state index in [4.69, 9.17) is 0 Å². The van der Waals surface area contributed by atoms with Gasteiger partial charge in [-0.2, -0.15) is 12.6 Å². The lowest BCUT2D eigenvalue weighted by molar-refractivity contribution is 0.140. The van der Waals surface area contributed by atoms with Gasteiger partial charge in [0.15, 0.2) is 0 Å². The van der Waals surface area contributed by atoms with Crippen LogP contribution in [0.3, 0.4) is 0 Å². The number of hydrogen-bond donors (Lipinski definition) is 2. The molecule has 0 amide bonds. The van der Waals surface area contributed by atoms with E-state index >= 15 is 0 Å². The minimum absolute atomic E-state index is 0.0973. The van der Waals surface area contributed by atoms with Gasteiger partial charge < -0.3 is 5.11 Å². The highest BCUT2D eigenvalue weighted by Gasteiger charge is 2.28. The van der Waals surface area contributed by atoms with E-state index in [1.807, 2.05) is 0 Å². The highest BCUT2D eigenvalue weighted by Crippen LogP contribution is 2.19. The molecule has 0 radical (unpaired) electrons. The smallest absolute Gasteiger partial charge is 0.0707 e. The number of aliphatic hydroxyl groups excluding tert-OH is 1. The Labute approximate surface area is 74.0 Å². The topological polar surface area (TPSA) is 23.5 Å². The normalized spacial score (nSPS) is 33.0. The van der Waals surface area contributed by atoms with Crippen molar-refractivity contribution < 1.29 is 5.11 Å². The molecule has 0 spiro atoms. The lowest BCUT2D eigenvalue weighted by atomic mass is 10.0. The second-order valence-corrected chi connectivity index (χ2v) is 3.67. The molecule has 1 N–H and O–H groups in total. The largest absolute Gasteiger partial charge is 0.391 e. The summed E-state index contributed by atoms with van der Waals surface area (Å²) in [4.78, 5) is 2.28. The number of β-amino-alcohol motifs (C(OH)–C–C–N with tert-alkyl or cyclic N) is 1. The van der Waals surface area contributed by atoms with Crippen LogP contribution in [0.4, 0.5) is 0 Å². The maximum atomic E-state index is 9.52. The summed E-state index contributed by atoms with van der Waals surface area (Å²) in [6.07, 6.45) is 0.990. The predicted octanol–water partition coefficient (Wildman–Crippen LogP) is 0.619. The Balaban J connectivity index is 2.30. The fraction of sp³-hybridized carbons (Fsp3) is 1.00. The van der Waals surface area contributed by atoms with E-state index in [1.54, 1.807) is 0 Å². The molecule has 66 valence electrons. The summed E-state index contributed by atoms with van der Waals surface area (Å²) in [6, 6.07) is 0. The maximum Gasteiger partial charge on any atom is 0.0707 e. The lowest BCUT2D eigenvalue weighted by Gasteiger charge is -2.12. The molecule has 11 heavy (non-hydrogen) atoms. The Bertz CT molecular complexity index is 121. The summed E-state index contributed by atoms with van der Waals surface area (Å²) in [5, 5.41) is 9.52. The van der Waals surface area contributed by atoms with E-state index in [-0.39, 0.29) is 6.10 Å². The first-order chi connectivity index (χ1) is 5.27. The molecule has 2 nitrogen and oxygen atoms in total. The van der Waals surface area contributed by atoms with Crippen molar-refractivity contribution in [2.45, 2.75) is 19.4 Å². The first-order valence-electron chi connectivity index (χ1n) is 4.29. The number of rotatable bonds is 3. The molecular weight excluding hydrogens is 158 g/mol. The SMILES string of the molecule is CCC1CN(CCS)CC1O. The van der Waals surface area contributed by atoms with E-state index in [9.17, 15) is 5.11 Å². The minimum atomic E-state index is -0.0973. The van der Waals surface area contributed by atoms with Gasteiger partial charge in [-0.25, -0.2) is 0 Å². The quantitative estimate of drug-likeness (QED) is 0.614. The van der Waals surface area contributed by atoms with Gasteiger partial charge in [0.05, 0.1) is 6.10 Å². The first-order valence-corrected chi connectivity index (χ1v) is 4.92. The number of aliphatic hydroxyl groups is 1. The van der Waals surface area contributed by atoms with E-state index in [0.29, 0.717) is 5.92 Å². The molecule has 1 aliphatic rings. The van der Waals surface area contributed by atoms with Crippen LogP contribution >= 0.6 is 12.6 Å². The second-order valence-electron chi connectivity index (χ2n) is 3.22. The lowest BCUT2D eigenvalue weighted by Crippen LogP contribution is -2.23. The molecule has 0 saturated carbocycles. The van der Waals surface area contributed by atoms with Gasteiger partial charge in [0.2, 0.25) is 0 Å². The highest BCUT2D eigenvalue weighted by atomic mass is 32.1. The summed E-state index contributed by atoms with van der Waals surface area (Å²) in [5.74, 6) is 1.39. The van der Waals surface area contributed by atoms with E-state index in [2.05, 4.69) is 24.5 Å². The summed E-state index contributed by atoms with van der Waals surface area (Å²) < 4.78 is 0. The zero-order valence-electron chi connectivity index (χ0n) is 7.03. The van der Waals surface area contributed by atoms with Crippen LogP contribution in [0.2, 0.25) is 0 Å². The fourth-order valence-electron chi connectivity index (χ4n) is 1.67. The fourth-order valence-corrected chi connectivity index (χ4v) is 1.95. The summed E-state index contributed by atoms with van der Waals surface area (Å²) in [5.41, 5.74) is 0. The van der Waals surface area contributed by atoms with Gasteiger partial charge in [-0.1, -0.05) is 6.92 Å². The monoisotopic (exact) mass is 175 g/mol. The van der Waals surface area contributed by atoms with E-state index < -0.39 is 0 Å². The molecule has 1 rings (SSSR count).